The maximum atomic E-state index is 11.2. The van der Waals surface area contributed by atoms with Crippen molar-refractivity contribution in [1.82, 2.24) is 9.78 Å². The maximum absolute atomic E-state index is 11.2. The smallest absolute Gasteiger partial charge is 0.339 e. The molecule has 0 aliphatic heterocycles. The number of carboxylic acid groups (broad SMARTS) is 1. The molecule has 0 saturated carbocycles. The lowest BCUT2D eigenvalue weighted by molar-refractivity contribution is -0.386. The molecular weight excluding hydrogens is 278 g/mol. The normalized spacial score (nSPS) is 10.8. The molecular formula is C13H15N3O5. The molecule has 0 atom stereocenters. The first-order chi connectivity index (χ1) is 9.99. The van der Waals surface area contributed by atoms with E-state index in [1.54, 1.807) is 13.8 Å². The van der Waals surface area contributed by atoms with Crippen LogP contribution >= 0.6 is 0 Å². The molecule has 2 aromatic rings. The lowest BCUT2D eigenvalue weighted by Crippen LogP contribution is -2.09. The number of rotatable bonds is 6. The molecule has 0 amide bonds. The van der Waals surface area contributed by atoms with Crippen molar-refractivity contribution in [2.24, 2.45) is 0 Å². The van der Waals surface area contributed by atoms with Crippen LogP contribution in [-0.2, 0) is 19.4 Å². The zero-order chi connectivity index (χ0) is 15.6. The highest BCUT2D eigenvalue weighted by Gasteiger charge is 2.26. The third kappa shape index (κ3) is 2.64. The third-order valence-electron chi connectivity index (χ3n) is 3.22. The first kappa shape index (κ1) is 14.8. The summed E-state index contributed by atoms with van der Waals surface area (Å²) in [7, 11) is 0. The van der Waals surface area contributed by atoms with Gasteiger partial charge in [0.1, 0.15) is 29.3 Å². The molecule has 0 radical (unpaired) electrons. The predicted octanol–water partition coefficient (Wildman–Crippen LogP) is 2.26. The monoisotopic (exact) mass is 293 g/mol. The second-order valence-electron chi connectivity index (χ2n) is 4.43. The SMILES string of the molecule is CCc1nn(Cc2occc2C(=O)O)c(CC)c1[N+](=O)[O-]. The largest absolute Gasteiger partial charge is 0.478 e. The van der Waals surface area contributed by atoms with Crippen LogP contribution in [0.15, 0.2) is 16.7 Å². The van der Waals surface area contributed by atoms with E-state index in [4.69, 9.17) is 9.52 Å². The van der Waals surface area contributed by atoms with E-state index in [0.29, 0.717) is 24.2 Å². The maximum Gasteiger partial charge on any atom is 0.339 e. The first-order valence-corrected chi connectivity index (χ1v) is 6.52. The van der Waals surface area contributed by atoms with E-state index in [1.807, 2.05) is 0 Å². The van der Waals surface area contributed by atoms with Crippen LogP contribution in [0.4, 0.5) is 5.69 Å². The van der Waals surface area contributed by atoms with E-state index in [-0.39, 0.29) is 23.6 Å². The van der Waals surface area contributed by atoms with Gasteiger partial charge in [0, 0.05) is 0 Å². The van der Waals surface area contributed by atoms with Crippen molar-refractivity contribution in [1.29, 1.82) is 0 Å². The van der Waals surface area contributed by atoms with E-state index >= 15 is 0 Å². The van der Waals surface area contributed by atoms with E-state index in [2.05, 4.69) is 5.10 Å². The molecule has 0 spiro atoms. The van der Waals surface area contributed by atoms with Gasteiger partial charge < -0.3 is 9.52 Å². The van der Waals surface area contributed by atoms with Gasteiger partial charge in [0.2, 0.25) is 0 Å². The Morgan fingerprint density at radius 3 is 2.71 bits per heavy atom. The lowest BCUT2D eigenvalue weighted by Gasteiger charge is -2.04. The molecule has 21 heavy (non-hydrogen) atoms. The molecule has 8 nitrogen and oxygen atoms in total. The first-order valence-electron chi connectivity index (χ1n) is 6.52. The molecule has 112 valence electrons. The Labute approximate surface area is 120 Å². The Hall–Kier alpha value is -2.64. The minimum absolute atomic E-state index is 0.00318. The fourth-order valence-corrected chi connectivity index (χ4v) is 2.26. The summed E-state index contributed by atoms with van der Waals surface area (Å²) in [5.74, 6) is -0.883. The van der Waals surface area contributed by atoms with Gasteiger partial charge in [-0.05, 0) is 18.9 Å². The van der Waals surface area contributed by atoms with Gasteiger partial charge in [0.05, 0.1) is 11.2 Å². The number of aryl methyl sites for hydroxylation is 1. The van der Waals surface area contributed by atoms with Gasteiger partial charge in [-0.15, -0.1) is 0 Å². The average molecular weight is 293 g/mol. The highest BCUT2D eigenvalue weighted by molar-refractivity contribution is 5.88. The van der Waals surface area contributed by atoms with Crippen LogP contribution in [0, 0.1) is 10.1 Å². The molecule has 2 aromatic heterocycles. The fraction of sp³-hybridized carbons (Fsp3) is 0.385. The minimum atomic E-state index is -1.10. The Morgan fingerprint density at radius 2 is 2.19 bits per heavy atom. The van der Waals surface area contributed by atoms with Crippen molar-refractivity contribution < 1.29 is 19.2 Å². The molecule has 0 aliphatic carbocycles. The van der Waals surface area contributed by atoms with Crippen molar-refractivity contribution in [2.45, 2.75) is 33.2 Å². The molecule has 8 heteroatoms. The predicted molar refractivity (Wildman–Crippen MR) is 72.4 cm³/mol. The molecule has 1 N–H and O–H groups in total. The molecule has 0 fully saturated rings. The second kappa shape index (κ2) is 5.78. The highest BCUT2D eigenvalue weighted by Crippen LogP contribution is 2.26. The van der Waals surface area contributed by atoms with Crippen LogP contribution in [-0.4, -0.2) is 25.8 Å². The van der Waals surface area contributed by atoms with Crippen molar-refractivity contribution in [3.63, 3.8) is 0 Å². The van der Waals surface area contributed by atoms with Crippen molar-refractivity contribution in [3.8, 4) is 0 Å². The zero-order valence-electron chi connectivity index (χ0n) is 11.7. The number of furan rings is 1. The molecule has 2 rings (SSSR count). The summed E-state index contributed by atoms with van der Waals surface area (Å²) in [6, 6.07) is 1.35. The van der Waals surface area contributed by atoms with E-state index in [1.165, 1.54) is 17.0 Å². The number of hydrogen-bond donors (Lipinski definition) is 1. The van der Waals surface area contributed by atoms with Crippen molar-refractivity contribution in [2.75, 3.05) is 0 Å². The Bertz CT molecular complexity index is 686. The van der Waals surface area contributed by atoms with Crippen LogP contribution in [0.2, 0.25) is 0 Å². The van der Waals surface area contributed by atoms with E-state index < -0.39 is 10.9 Å². The Balaban J connectivity index is 2.47. The molecule has 2 heterocycles. The topological polar surface area (TPSA) is 111 Å². The highest BCUT2D eigenvalue weighted by atomic mass is 16.6. The summed E-state index contributed by atoms with van der Waals surface area (Å²) < 4.78 is 6.61. The van der Waals surface area contributed by atoms with Gasteiger partial charge in [-0.3, -0.25) is 14.8 Å². The zero-order valence-corrected chi connectivity index (χ0v) is 11.7. The standard InChI is InChI=1S/C13H15N3O5/c1-3-9-12(16(19)20)10(4-2)15(14-9)7-11-8(13(17)18)5-6-21-11/h5-6H,3-4,7H2,1-2H3,(H,17,18). The van der Waals surface area contributed by atoms with Gasteiger partial charge >= 0.3 is 11.7 Å². The summed E-state index contributed by atoms with van der Waals surface area (Å²) in [5.41, 5.74) is 0.890. The van der Waals surface area contributed by atoms with E-state index in [0.717, 1.165) is 0 Å². The number of aromatic carboxylic acids is 1. The number of nitrogens with zero attached hydrogens (tertiary/aromatic N) is 3. The molecule has 0 bridgehead atoms. The number of hydrogen-bond acceptors (Lipinski definition) is 5. The second-order valence-corrected chi connectivity index (χ2v) is 4.43. The molecule has 0 unspecified atom stereocenters. The van der Waals surface area contributed by atoms with E-state index in [9.17, 15) is 14.9 Å². The summed E-state index contributed by atoms with van der Waals surface area (Å²) in [4.78, 5) is 21.8. The van der Waals surface area contributed by atoms with Gasteiger partial charge in [0.15, 0.2) is 0 Å². The molecule has 0 saturated heterocycles. The third-order valence-corrected chi connectivity index (χ3v) is 3.22. The summed E-state index contributed by atoms with van der Waals surface area (Å²) in [6.45, 7) is 3.63. The van der Waals surface area contributed by atoms with Crippen LogP contribution in [0.25, 0.3) is 0 Å². The van der Waals surface area contributed by atoms with Crippen LogP contribution in [0.1, 0.15) is 41.4 Å². The van der Waals surface area contributed by atoms with Crippen molar-refractivity contribution in [3.05, 3.63) is 45.2 Å². The molecule has 0 aliphatic rings. The summed E-state index contributed by atoms with van der Waals surface area (Å²) >= 11 is 0. The number of carboxylic acids is 1. The molecule has 0 aromatic carbocycles. The van der Waals surface area contributed by atoms with Gasteiger partial charge in [-0.2, -0.15) is 5.10 Å². The minimum Gasteiger partial charge on any atom is -0.478 e. The number of nitro groups is 1. The van der Waals surface area contributed by atoms with Gasteiger partial charge in [-0.25, -0.2) is 4.79 Å². The summed E-state index contributed by atoms with van der Waals surface area (Å²) in [6.07, 6.45) is 2.13. The van der Waals surface area contributed by atoms with Gasteiger partial charge in [-0.1, -0.05) is 13.8 Å². The Morgan fingerprint density at radius 1 is 1.48 bits per heavy atom. The summed E-state index contributed by atoms with van der Waals surface area (Å²) in [5, 5.41) is 24.5. The lowest BCUT2D eigenvalue weighted by atomic mass is 10.2. The van der Waals surface area contributed by atoms with Crippen LogP contribution in [0.3, 0.4) is 0 Å². The van der Waals surface area contributed by atoms with Crippen molar-refractivity contribution >= 4 is 11.7 Å². The fourth-order valence-electron chi connectivity index (χ4n) is 2.26. The number of aromatic nitrogens is 2. The number of carbonyl (C=O) groups is 1. The average Bonchev–Trinajstić information content (AvgIpc) is 3.02. The van der Waals surface area contributed by atoms with Crippen LogP contribution in [0.5, 0.6) is 0 Å². The quantitative estimate of drug-likeness (QED) is 0.645. The van der Waals surface area contributed by atoms with Crippen LogP contribution < -0.4 is 0 Å². The Kier molecular flexibility index (Phi) is 4.06. The van der Waals surface area contributed by atoms with Gasteiger partial charge in [0.25, 0.3) is 0 Å².